The number of rotatable bonds is 27. The molecule has 15 nitrogen and oxygen atoms in total. The van der Waals surface area contributed by atoms with Crippen LogP contribution in [0.3, 0.4) is 0 Å². The van der Waals surface area contributed by atoms with Crippen LogP contribution in [0.25, 0.3) is 0 Å². The molecule has 17 heteroatoms. The van der Waals surface area contributed by atoms with Gasteiger partial charge in [0.05, 0.1) is 55.2 Å². The van der Waals surface area contributed by atoms with E-state index >= 15 is 0 Å². The van der Waals surface area contributed by atoms with Crippen molar-refractivity contribution < 1.29 is 48.5 Å². The first-order valence-corrected chi connectivity index (χ1v) is 24.4. The Hall–Kier alpha value is -3.38. The summed E-state index contributed by atoms with van der Waals surface area (Å²) in [6.45, 7) is 15.4. The molecule has 1 heterocycles. The molecule has 0 aliphatic carbocycles. The van der Waals surface area contributed by atoms with Crippen LogP contribution in [0.2, 0.25) is 0 Å². The molecule has 2 rings (SSSR count). The summed E-state index contributed by atoms with van der Waals surface area (Å²) in [5.74, 6) is -2.82. The highest BCUT2D eigenvalue weighted by atomic mass is 33.1. The van der Waals surface area contributed by atoms with Gasteiger partial charge in [-0.25, -0.2) is 0 Å². The zero-order valence-corrected chi connectivity index (χ0v) is 40.6. The lowest BCUT2D eigenvalue weighted by molar-refractivity contribution is -0.148. The maximum Gasteiger partial charge on any atom is 0.304 e. The molecule has 0 radical (unpaired) electrons. The Morgan fingerprint density at radius 3 is 2.00 bits per heavy atom. The molecule has 1 aromatic rings. The average molecular weight is 910 g/mol. The SMILES string of the molecule is CC[C@H](C)[C@@H]([C@@H](CC(=O)N1CCC[C@H]1[C@H](OC)[C@@H](C)C(=O)N[C@H](C)[C@@H](O)c1ccccc1)OC)N(C)C(=O)[C@@H](NC(=O)[C@H](C(C)C)N(C)C(=O)CCSSCCC(=O)O)C(C)C. The number of likely N-dealkylation sites (tertiary alicyclic amines) is 1. The number of amides is 5. The normalized spacial score (nSPS) is 18.5. The van der Waals surface area contributed by atoms with Gasteiger partial charge in [-0.2, -0.15) is 0 Å². The Balaban J connectivity index is 2.22. The summed E-state index contributed by atoms with van der Waals surface area (Å²) in [6, 6.07) is 5.84. The number of benzene rings is 1. The van der Waals surface area contributed by atoms with E-state index < -0.39 is 60.3 Å². The number of hydrogen-bond acceptors (Lipinski definition) is 11. The molecule has 0 saturated carbocycles. The second-order valence-electron chi connectivity index (χ2n) is 17.2. The van der Waals surface area contributed by atoms with Crippen molar-refractivity contribution in [3.05, 3.63) is 35.9 Å². The number of carbonyl (C=O) groups is 6. The van der Waals surface area contributed by atoms with E-state index in [1.807, 2.05) is 59.7 Å². The van der Waals surface area contributed by atoms with Gasteiger partial charge in [0.1, 0.15) is 12.1 Å². The molecule has 1 saturated heterocycles. The molecule has 5 amide bonds. The molecule has 1 aliphatic rings. The van der Waals surface area contributed by atoms with Gasteiger partial charge in [0.2, 0.25) is 29.5 Å². The lowest BCUT2D eigenvalue weighted by Gasteiger charge is -2.41. The number of carbonyl (C=O) groups excluding carboxylic acids is 5. The monoisotopic (exact) mass is 909 g/mol. The van der Waals surface area contributed by atoms with Gasteiger partial charge in [-0.1, -0.05) is 107 Å². The van der Waals surface area contributed by atoms with E-state index in [1.54, 1.807) is 49.9 Å². The molecule has 1 aromatic carbocycles. The number of hydrogen-bond donors (Lipinski definition) is 4. The summed E-state index contributed by atoms with van der Waals surface area (Å²) in [7, 11) is 9.12. The second kappa shape index (κ2) is 27.1. The lowest BCUT2D eigenvalue weighted by Crippen LogP contribution is -2.60. The maximum absolute atomic E-state index is 14.5. The molecule has 10 atom stereocenters. The van der Waals surface area contributed by atoms with Crippen LogP contribution in [0.4, 0.5) is 0 Å². The zero-order valence-electron chi connectivity index (χ0n) is 39.0. The predicted molar refractivity (Wildman–Crippen MR) is 245 cm³/mol. The highest BCUT2D eigenvalue weighted by molar-refractivity contribution is 8.76. The molecule has 1 aliphatic heterocycles. The topological polar surface area (TPSA) is 195 Å². The van der Waals surface area contributed by atoms with Crippen molar-refractivity contribution in [1.29, 1.82) is 0 Å². The molecular formula is C45H75N5O10S2. The fourth-order valence-electron chi connectivity index (χ4n) is 8.28. The Labute approximate surface area is 377 Å². The summed E-state index contributed by atoms with van der Waals surface area (Å²) in [6.07, 6.45) is -0.0264. The van der Waals surface area contributed by atoms with Crippen molar-refractivity contribution in [2.24, 2.45) is 23.7 Å². The van der Waals surface area contributed by atoms with E-state index in [0.717, 1.165) is 6.42 Å². The number of carboxylic acids is 1. The van der Waals surface area contributed by atoms with Crippen molar-refractivity contribution in [3.63, 3.8) is 0 Å². The molecule has 352 valence electrons. The van der Waals surface area contributed by atoms with Crippen LogP contribution in [0, 0.1) is 23.7 Å². The van der Waals surface area contributed by atoms with Crippen LogP contribution < -0.4 is 10.6 Å². The zero-order chi connectivity index (χ0) is 46.8. The third-order valence-electron chi connectivity index (χ3n) is 12.1. The van der Waals surface area contributed by atoms with E-state index in [2.05, 4.69) is 10.6 Å². The molecule has 1 fully saturated rings. The Bertz CT molecular complexity index is 1590. The van der Waals surface area contributed by atoms with E-state index in [1.165, 1.54) is 40.7 Å². The number of aliphatic hydroxyl groups excluding tert-OH is 1. The lowest BCUT2D eigenvalue weighted by atomic mass is 9.89. The fourth-order valence-corrected chi connectivity index (χ4v) is 10.2. The van der Waals surface area contributed by atoms with Gasteiger partial charge < -0.3 is 45.0 Å². The Morgan fingerprint density at radius 1 is 0.855 bits per heavy atom. The van der Waals surface area contributed by atoms with E-state index in [0.29, 0.717) is 36.5 Å². The molecule has 0 bridgehead atoms. The molecule has 0 aromatic heterocycles. The first-order valence-electron chi connectivity index (χ1n) is 21.9. The summed E-state index contributed by atoms with van der Waals surface area (Å²) in [4.78, 5) is 85.1. The summed E-state index contributed by atoms with van der Waals surface area (Å²) < 4.78 is 12.0. The van der Waals surface area contributed by atoms with Crippen LogP contribution in [-0.4, -0.2) is 149 Å². The number of nitrogens with one attached hydrogen (secondary N) is 2. The number of aliphatic carboxylic acids is 1. The van der Waals surface area contributed by atoms with Crippen molar-refractivity contribution in [3.8, 4) is 0 Å². The minimum atomic E-state index is -0.937. The number of methoxy groups -OCH3 is 2. The highest BCUT2D eigenvalue weighted by Crippen LogP contribution is 2.30. The number of ether oxygens (including phenoxy) is 2. The van der Waals surface area contributed by atoms with Gasteiger partial charge >= 0.3 is 5.97 Å². The molecular weight excluding hydrogens is 835 g/mol. The van der Waals surface area contributed by atoms with Crippen molar-refractivity contribution in [1.82, 2.24) is 25.3 Å². The fraction of sp³-hybridized carbons (Fsp3) is 0.733. The second-order valence-corrected chi connectivity index (χ2v) is 19.9. The van der Waals surface area contributed by atoms with Gasteiger partial charge in [0, 0.05) is 52.8 Å². The number of likely N-dealkylation sites (N-methyl/N-ethyl adjacent to an activating group) is 2. The summed E-state index contributed by atoms with van der Waals surface area (Å²) in [5, 5.41) is 25.6. The Kier molecular flexibility index (Phi) is 23.9. The first-order chi connectivity index (χ1) is 29.2. The third-order valence-corrected chi connectivity index (χ3v) is 14.5. The minimum absolute atomic E-state index is 0.0334. The quantitative estimate of drug-likeness (QED) is 0.0682. The molecule has 62 heavy (non-hydrogen) atoms. The molecule has 0 spiro atoms. The van der Waals surface area contributed by atoms with E-state index in [4.69, 9.17) is 14.6 Å². The first kappa shape index (κ1) is 54.8. The van der Waals surface area contributed by atoms with E-state index in [9.17, 15) is 33.9 Å². The van der Waals surface area contributed by atoms with Crippen molar-refractivity contribution >= 4 is 57.1 Å². The summed E-state index contributed by atoms with van der Waals surface area (Å²) in [5.41, 5.74) is 0.690. The maximum atomic E-state index is 14.5. The van der Waals surface area contributed by atoms with Gasteiger partial charge in [0.25, 0.3) is 0 Å². The number of nitrogens with zero attached hydrogens (tertiary/aromatic N) is 3. The van der Waals surface area contributed by atoms with Crippen molar-refractivity contribution in [2.75, 3.05) is 46.4 Å². The smallest absolute Gasteiger partial charge is 0.304 e. The highest BCUT2D eigenvalue weighted by Gasteiger charge is 2.43. The standard InChI is InChI=1S/C45H75N5O10S2/c1-13-29(6)40(49(10)45(58)38(27(2)3)47-44(57)39(28(4)5)48(9)35(51)21-24-61-62-25-22-37(53)54)34(59-11)26-36(52)50-23-17-20-33(50)42(60-12)30(7)43(56)46-31(8)41(55)32-18-15-14-16-19-32/h14-16,18-19,27-31,33-34,38-42,55H,13,17,20-26H2,1-12H3,(H,46,56)(H,47,57)(H,53,54)/t29-,30+,31+,33-,34+,38-,39-,40-,41+,42+/m0/s1. The van der Waals surface area contributed by atoms with Crippen LogP contribution in [0.15, 0.2) is 30.3 Å². The molecule has 4 N–H and O–H groups in total. The predicted octanol–water partition coefficient (Wildman–Crippen LogP) is 5.02. The van der Waals surface area contributed by atoms with Crippen LogP contribution in [-0.2, 0) is 38.2 Å². The average Bonchev–Trinajstić information content (AvgIpc) is 3.72. The van der Waals surface area contributed by atoms with Gasteiger partial charge in [-0.15, -0.1) is 0 Å². The largest absolute Gasteiger partial charge is 0.481 e. The van der Waals surface area contributed by atoms with E-state index in [-0.39, 0.29) is 66.7 Å². The minimum Gasteiger partial charge on any atom is -0.481 e. The van der Waals surface area contributed by atoms with Gasteiger partial charge in [0.15, 0.2) is 0 Å². The summed E-state index contributed by atoms with van der Waals surface area (Å²) >= 11 is 0. The van der Waals surface area contributed by atoms with Crippen LogP contribution >= 0.6 is 21.6 Å². The van der Waals surface area contributed by atoms with Gasteiger partial charge in [-0.3, -0.25) is 28.8 Å². The number of carboxylic acid groups (broad SMARTS) is 1. The van der Waals surface area contributed by atoms with Crippen LogP contribution in [0.5, 0.6) is 0 Å². The van der Waals surface area contributed by atoms with Gasteiger partial charge in [-0.05, 0) is 43.1 Å². The van der Waals surface area contributed by atoms with Crippen LogP contribution in [0.1, 0.15) is 106 Å². The Morgan fingerprint density at radius 2 is 1.47 bits per heavy atom. The third kappa shape index (κ3) is 15.7. The van der Waals surface area contributed by atoms with Crippen molar-refractivity contribution in [2.45, 2.75) is 142 Å². The molecule has 0 unspecified atom stereocenters. The number of aliphatic hydroxyl groups is 1.